The second kappa shape index (κ2) is 6.85. The molecule has 2 unspecified atom stereocenters. The lowest BCUT2D eigenvalue weighted by Gasteiger charge is -2.37. The highest BCUT2D eigenvalue weighted by Gasteiger charge is 2.28. The quantitative estimate of drug-likeness (QED) is 0.631. The molecule has 1 fully saturated rings. The van der Waals surface area contributed by atoms with Crippen LogP contribution in [0.25, 0.3) is 0 Å². The third-order valence-electron chi connectivity index (χ3n) is 4.16. The fraction of sp³-hybridized carbons (Fsp3) is 0.533. The van der Waals surface area contributed by atoms with E-state index in [1.807, 2.05) is 0 Å². The Bertz CT molecular complexity index is 574. The lowest BCUT2D eigenvalue weighted by atomic mass is 9.97. The van der Waals surface area contributed by atoms with Crippen LogP contribution >= 0.6 is 0 Å². The van der Waals surface area contributed by atoms with Crippen molar-refractivity contribution < 1.29 is 14.8 Å². The highest BCUT2D eigenvalue weighted by molar-refractivity contribution is 5.93. The Labute approximate surface area is 128 Å². The van der Waals surface area contributed by atoms with E-state index in [1.54, 1.807) is 13.0 Å². The monoisotopic (exact) mass is 307 g/mol. The normalized spacial score (nSPS) is 20.5. The molecule has 0 bridgehead atoms. The number of nitro groups is 1. The molecule has 1 saturated heterocycles. The number of nitrogens with two attached hydrogens (primary N) is 1. The minimum absolute atomic E-state index is 0.00386. The molecule has 7 heteroatoms. The number of benzene rings is 1. The summed E-state index contributed by atoms with van der Waals surface area (Å²) in [5.41, 5.74) is 5.72. The number of carbonyl (C=O) groups excluding carboxylic acids is 1. The van der Waals surface area contributed by atoms with E-state index in [9.17, 15) is 20.0 Å². The van der Waals surface area contributed by atoms with Gasteiger partial charge in [-0.1, -0.05) is 12.5 Å². The second-order valence-electron chi connectivity index (χ2n) is 5.74. The van der Waals surface area contributed by atoms with Crippen LogP contribution in [0.2, 0.25) is 0 Å². The molecule has 120 valence electrons. The van der Waals surface area contributed by atoms with Gasteiger partial charge in [0, 0.05) is 29.8 Å². The standard InChI is InChI=1S/C15H21N3O4/c1-10(19)13-4-2-3-7-17(13)9-12-6-5-11(15(16)20)8-14(12)18(21)22/h5-6,8,10,13,19H,2-4,7,9H2,1H3,(H2,16,20). The van der Waals surface area contributed by atoms with E-state index in [2.05, 4.69) is 4.90 Å². The third-order valence-corrected chi connectivity index (χ3v) is 4.16. The summed E-state index contributed by atoms with van der Waals surface area (Å²) in [6, 6.07) is 4.31. The van der Waals surface area contributed by atoms with Gasteiger partial charge in [0.15, 0.2) is 0 Å². The zero-order valence-corrected chi connectivity index (χ0v) is 12.6. The van der Waals surface area contributed by atoms with E-state index in [0.717, 1.165) is 25.8 Å². The molecule has 0 radical (unpaired) electrons. The summed E-state index contributed by atoms with van der Waals surface area (Å²) < 4.78 is 0. The molecule has 7 nitrogen and oxygen atoms in total. The minimum Gasteiger partial charge on any atom is -0.392 e. The Hall–Kier alpha value is -1.99. The van der Waals surface area contributed by atoms with Crippen molar-refractivity contribution in [1.29, 1.82) is 0 Å². The zero-order chi connectivity index (χ0) is 16.3. The van der Waals surface area contributed by atoms with Crippen molar-refractivity contribution in [3.63, 3.8) is 0 Å². The molecular weight excluding hydrogens is 286 g/mol. The van der Waals surface area contributed by atoms with Crippen LogP contribution < -0.4 is 5.73 Å². The van der Waals surface area contributed by atoms with Crippen LogP contribution in [0.4, 0.5) is 5.69 Å². The van der Waals surface area contributed by atoms with Gasteiger partial charge in [-0.3, -0.25) is 19.8 Å². The van der Waals surface area contributed by atoms with Crippen molar-refractivity contribution >= 4 is 11.6 Å². The first-order chi connectivity index (χ1) is 10.4. The molecule has 1 aliphatic heterocycles. The van der Waals surface area contributed by atoms with E-state index in [4.69, 9.17) is 5.73 Å². The predicted molar refractivity (Wildman–Crippen MR) is 81.3 cm³/mol. The Morgan fingerprint density at radius 2 is 2.27 bits per heavy atom. The molecular formula is C15H21N3O4. The number of nitro benzene ring substituents is 1. The summed E-state index contributed by atoms with van der Waals surface area (Å²) in [6.45, 7) is 2.92. The van der Waals surface area contributed by atoms with E-state index in [-0.39, 0.29) is 17.3 Å². The molecule has 3 N–H and O–H groups in total. The molecule has 22 heavy (non-hydrogen) atoms. The van der Waals surface area contributed by atoms with Gasteiger partial charge in [-0.15, -0.1) is 0 Å². The first kappa shape index (κ1) is 16.4. The van der Waals surface area contributed by atoms with Crippen molar-refractivity contribution in [3.05, 3.63) is 39.4 Å². The van der Waals surface area contributed by atoms with Crippen LogP contribution in [0.15, 0.2) is 18.2 Å². The van der Waals surface area contributed by atoms with Gasteiger partial charge in [-0.05, 0) is 32.4 Å². The molecule has 0 aromatic heterocycles. The summed E-state index contributed by atoms with van der Waals surface area (Å²) in [7, 11) is 0. The molecule has 1 amide bonds. The van der Waals surface area contributed by atoms with Gasteiger partial charge in [0.25, 0.3) is 5.69 Å². The smallest absolute Gasteiger partial charge is 0.274 e. The van der Waals surface area contributed by atoms with E-state index in [0.29, 0.717) is 12.1 Å². The largest absolute Gasteiger partial charge is 0.392 e. The molecule has 0 spiro atoms. The number of primary amides is 1. The lowest BCUT2D eigenvalue weighted by Crippen LogP contribution is -2.45. The summed E-state index contributed by atoms with van der Waals surface area (Å²) in [5.74, 6) is -0.686. The summed E-state index contributed by atoms with van der Waals surface area (Å²) >= 11 is 0. The Balaban J connectivity index is 2.27. The van der Waals surface area contributed by atoms with Crippen LogP contribution in [-0.2, 0) is 6.54 Å². The van der Waals surface area contributed by atoms with Crippen molar-refractivity contribution in [1.82, 2.24) is 4.90 Å². The maximum atomic E-state index is 11.2. The number of nitrogens with zero attached hydrogens (tertiary/aromatic N) is 2. The van der Waals surface area contributed by atoms with E-state index >= 15 is 0 Å². The van der Waals surface area contributed by atoms with Crippen LogP contribution in [0.1, 0.15) is 42.1 Å². The number of piperidine rings is 1. The molecule has 1 aromatic carbocycles. The molecule has 2 atom stereocenters. The van der Waals surface area contributed by atoms with Gasteiger partial charge in [0.2, 0.25) is 5.91 Å². The van der Waals surface area contributed by atoms with Gasteiger partial charge in [-0.25, -0.2) is 0 Å². The number of amides is 1. The molecule has 1 heterocycles. The molecule has 1 aliphatic rings. The van der Waals surface area contributed by atoms with Gasteiger partial charge in [-0.2, -0.15) is 0 Å². The number of rotatable bonds is 5. The number of aliphatic hydroxyl groups excluding tert-OH is 1. The first-order valence-electron chi connectivity index (χ1n) is 7.39. The van der Waals surface area contributed by atoms with E-state index in [1.165, 1.54) is 12.1 Å². The van der Waals surface area contributed by atoms with Gasteiger partial charge < -0.3 is 10.8 Å². The summed E-state index contributed by atoms with van der Waals surface area (Å²) in [5, 5.41) is 21.1. The van der Waals surface area contributed by atoms with Gasteiger partial charge in [0.1, 0.15) is 0 Å². The van der Waals surface area contributed by atoms with Crippen molar-refractivity contribution in [2.75, 3.05) is 6.54 Å². The highest BCUT2D eigenvalue weighted by Crippen LogP contribution is 2.26. The average molecular weight is 307 g/mol. The fourth-order valence-corrected chi connectivity index (χ4v) is 3.00. The van der Waals surface area contributed by atoms with Crippen LogP contribution in [0, 0.1) is 10.1 Å². The van der Waals surface area contributed by atoms with Crippen molar-refractivity contribution in [3.8, 4) is 0 Å². The maximum Gasteiger partial charge on any atom is 0.274 e. The van der Waals surface area contributed by atoms with Crippen molar-refractivity contribution in [2.45, 2.75) is 44.9 Å². The summed E-state index contributed by atoms with van der Waals surface area (Å²) in [6.07, 6.45) is 2.46. The second-order valence-corrected chi connectivity index (χ2v) is 5.74. The number of hydrogen-bond donors (Lipinski definition) is 2. The number of hydrogen-bond acceptors (Lipinski definition) is 5. The average Bonchev–Trinajstić information content (AvgIpc) is 2.47. The summed E-state index contributed by atoms with van der Waals surface area (Å²) in [4.78, 5) is 24.0. The highest BCUT2D eigenvalue weighted by atomic mass is 16.6. The lowest BCUT2D eigenvalue weighted by molar-refractivity contribution is -0.385. The number of likely N-dealkylation sites (tertiary alicyclic amines) is 1. The van der Waals surface area contributed by atoms with Crippen LogP contribution in [-0.4, -0.2) is 39.5 Å². The zero-order valence-electron chi connectivity index (χ0n) is 12.6. The van der Waals surface area contributed by atoms with Crippen LogP contribution in [0.3, 0.4) is 0 Å². The molecule has 1 aromatic rings. The predicted octanol–water partition coefficient (Wildman–Crippen LogP) is 1.43. The minimum atomic E-state index is -0.686. The van der Waals surface area contributed by atoms with Gasteiger partial charge in [0.05, 0.1) is 11.0 Å². The first-order valence-corrected chi connectivity index (χ1v) is 7.39. The maximum absolute atomic E-state index is 11.2. The number of carbonyl (C=O) groups is 1. The van der Waals surface area contributed by atoms with Crippen LogP contribution in [0.5, 0.6) is 0 Å². The SMILES string of the molecule is CC(O)C1CCCCN1Cc1ccc(C(N)=O)cc1[N+](=O)[O-]. The van der Waals surface area contributed by atoms with E-state index < -0.39 is 16.9 Å². The molecule has 0 aliphatic carbocycles. The van der Waals surface area contributed by atoms with Crippen molar-refractivity contribution in [2.24, 2.45) is 5.73 Å². The molecule has 0 saturated carbocycles. The Kier molecular flexibility index (Phi) is 5.10. The number of aliphatic hydroxyl groups is 1. The van der Waals surface area contributed by atoms with Gasteiger partial charge >= 0.3 is 0 Å². The fourth-order valence-electron chi connectivity index (χ4n) is 3.00. The molecule has 2 rings (SSSR count). The third kappa shape index (κ3) is 3.61. The topological polar surface area (TPSA) is 110 Å². The Morgan fingerprint density at radius 1 is 1.55 bits per heavy atom. The Morgan fingerprint density at radius 3 is 2.86 bits per heavy atom.